The third-order valence-electron chi connectivity index (χ3n) is 11.8. The van der Waals surface area contributed by atoms with Crippen LogP contribution in [0.15, 0.2) is 85.1 Å². The van der Waals surface area contributed by atoms with Crippen LogP contribution >= 0.6 is 0 Å². The average molecular weight is 927 g/mol. The minimum Gasteiger partial charge on any atom is -0.457 e. The molecule has 0 aliphatic carbocycles. The Labute approximate surface area is 403 Å². The van der Waals surface area contributed by atoms with Gasteiger partial charge in [-0.05, 0) is 89.9 Å². The first-order valence-electron chi connectivity index (χ1n) is 26.7. The Morgan fingerprint density at radius 2 is 0.924 bits per heavy atom. The number of unbranched alkanes of at least 4 members (excludes halogenated alkanes) is 20. The minimum absolute atomic E-state index is 0.123. The van der Waals surface area contributed by atoms with Crippen molar-refractivity contribution in [2.45, 2.75) is 243 Å². The van der Waals surface area contributed by atoms with Gasteiger partial charge in [0.1, 0.15) is 30.5 Å². The first-order valence-corrected chi connectivity index (χ1v) is 26.7. The van der Waals surface area contributed by atoms with Gasteiger partial charge < -0.3 is 39.4 Å². The van der Waals surface area contributed by atoms with E-state index in [9.17, 15) is 25.2 Å². The van der Waals surface area contributed by atoms with Gasteiger partial charge >= 0.3 is 5.97 Å². The topological polar surface area (TPSA) is 135 Å². The van der Waals surface area contributed by atoms with Crippen molar-refractivity contribution < 1.29 is 44.2 Å². The fourth-order valence-corrected chi connectivity index (χ4v) is 7.67. The molecule has 0 radical (unpaired) electrons. The molecule has 380 valence electrons. The molecule has 1 rings (SSSR count). The average Bonchev–Trinajstić information content (AvgIpc) is 3.32. The second kappa shape index (κ2) is 47.4. The Hall–Kier alpha value is -2.63. The van der Waals surface area contributed by atoms with Gasteiger partial charge in [0, 0.05) is 13.0 Å². The van der Waals surface area contributed by atoms with Crippen molar-refractivity contribution in [1.82, 2.24) is 0 Å². The highest BCUT2D eigenvalue weighted by Gasteiger charge is 2.44. The number of carbonyl (C=O) groups excluding carboxylic acids is 1. The fourth-order valence-electron chi connectivity index (χ4n) is 7.67. The molecule has 9 heteroatoms. The van der Waals surface area contributed by atoms with E-state index in [4.69, 9.17) is 18.9 Å². The Bertz CT molecular complexity index is 1280. The van der Waals surface area contributed by atoms with Gasteiger partial charge in [0.2, 0.25) is 0 Å². The van der Waals surface area contributed by atoms with Gasteiger partial charge in [-0.3, -0.25) is 4.79 Å². The van der Waals surface area contributed by atoms with E-state index in [1.165, 1.54) is 103 Å². The summed E-state index contributed by atoms with van der Waals surface area (Å²) in [7, 11) is 0. The molecule has 0 amide bonds. The zero-order chi connectivity index (χ0) is 47.8. The van der Waals surface area contributed by atoms with Crippen LogP contribution in [0.25, 0.3) is 0 Å². The molecule has 1 saturated heterocycles. The predicted octanol–water partition coefficient (Wildman–Crippen LogP) is 13.4. The standard InChI is InChI=1S/C57H98O9/c1-3-5-7-9-11-13-15-17-19-21-23-25-26-27-28-30-32-34-36-38-40-42-44-46-53(59)65-51(50-64-57-56(62)55(61)54(60)52(48-58)66-57)49-63-47-45-43-41-39-37-35-33-31-29-24-22-20-18-16-14-12-10-8-6-4-2/h5,7,11-14,17-20,23,25,27-28,51-52,54-58,60-62H,3-4,6,8-10,15-16,21-22,24,26,29-50H2,1-2H3/b7-5-,13-11-,14-12-,19-17-,20-18-,25-23-,28-27-. The summed E-state index contributed by atoms with van der Waals surface area (Å²) < 4.78 is 22.9. The Kier molecular flexibility index (Phi) is 44.1. The summed E-state index contributed by atoms with van der Waals surface area (Å²) in [6.45, 7) is 4.40. The molecule has 6 atom stereocenters. The van der Waals surface area contributed by atoms with Crippen LogP contribution in [-0.2, 0) is 23.7 Å². The lowest BCUT2D eigenvalue weighted by Crippen LogP contribution is -2.59. The van der Waals surface area contributed by atoms with E-state index in [0.717, 1.165) is 83.5 Å². The van der Waals surface area contributed by atoms with E-state index in [1.54, 1.807) is 0 Å². The first kappa shape index (κ1) is 61.4. The first-order chi connectivity index (χ1) is 32.4. The van der Waals surface area contributed by atoms with Crippen LogP contribution < -0.4 is 0 Å². The smallest absolute Gasteiger partial charge is 0.306 e. The number of ether oxygens (including phenoxy) is 4. The molecule has 0 spiro atoms. The summed E-state index contributed by atoms with van der Waals surface area (Å²) in [6.07, 6.45) is 57.5. The number of aliphatic hydroxyl groups excluding tert-OH is 4. The molecule has 1 heterocycles. The number of esters is 1. The van der Waals surface area contributed by atoms with Crippen molar-refractivity contribution >= 4 is 5.97 Å². The third kappa shape index (κ3) is 37.4. The van der Waals surface area contributed by atoms with E-state index in [1.807, 2.05) is 0 Å². The summed E-state index contributed by atoms with van der Waals surface area (Å²) in [5, 5.41) is 40.3. The number of hydrogen-bond donors (Lipinski definition) is 4. The van der Waals surface area contributed by atoms with Crippen molar-refractivity contribution in [2.75, 3.05) is 26.4 Å². The summed E-state index contributed by atoms with van der Waals surface area (Å²) in [6, 6.07) is 0. The maximum Gasteiger partial charge on any atom is 0.306 e. The molecule has 0 aromatic carbocycles. The van der Waals surface area contributed by atoms with E-state index < -0.39 is 43.4 Å². The molecule has 4 N–H and O–H groups in total. The lowest BCUT2D eigenvalue weighted by Gasteiger charge is -2.39. The predicted molar refractivity (Wildman–Crippen MR) is 274 cm³/mol. The second-order valence-corrected chi connectivity index (χ2v) is 17.9. The zero-order valence-corrected chi connectivity index (χ0v) is 41.9. The van der Waals surface area contributed by atoms with Crippen molar-refractivity contribution in [2.24, 2.45) is 0 Å². The summed E-state index contributed by atoms with van der Waals surface area (Å²) in [5.41, 5.74) is 0. The molecule has 1 aliphatic rings. The molecule has 0 saturated carbocycles. The highest BCUT2D eigenvalue weighted by atomic mass is 16.7. The molecule has 0 aromatic rings. The molecule has 0 aromatic heterocycles. The largest absolute Gasteiger partial charge is 0.457 e. The molecule has 1 aliphatic heterocycles. The van der Waals surface area contributed by atoms with Gasteiger partial charge in [-0.25, -0.2) is 0 Å². The van der Waals surface area contributed by atoms with Crippen molar-refractivity contribution in [1.29, 1.82) is 0 Å². The number of aliphatic hydroxyl groups is 4. The van der Waals surface area contributed by atoms with Crippen LogP contribution in [-0.4, -0.2) is 89.6 Å². The van der Waals surface area contributed by atoms with Crippen LogP contribution in [0.4, 0.5) is 0 Å². The maximum absolute atomic E-state index is 12.9. The number of carbonyl (C=O) groups is 1. The van der Waals surface area contributed by atoms with Gasteiger partial charge in [0.05, 0.1) is 19.8 Å². The van der Waals surface area contributed by atoms with Crippen molar-refractivity contribution in [3.05, 3.63) is 85.1 Å². The lowest BCUT2D eigenvalue weighted by molar-refractivity contribution is -0.305. The van der Waals surface area contributed by atoms with Crippen LogP contribution in [0.2, 0.25) is 0 Å². The summed E-state index contributed by atoms with van der Waals surface area (Å²) in [4.78, 5) is 12.9. The second-order valence-electron chi connectivity index (χ2n) is 17.9. The number of rotatable bonds is 45. The lowest BCUT2D eigenvalue weighted by atomic mass is 9.99. The van der Waals surface area contributed by atoms with E-state index in [0.29, 0.717) is 13.0 Å². The van der Waals surface area contributed by atoms with Gasteiger partial charge in [-0.1, -0.05) is 195 Å². The fraction of sp³-hybridized carbons (Fsp3) is 0.737. The molecular formula is C57H98O9. The molecule has 0 bridgehead atoms. The molecular weight excluding hydrogens is 829 g/mol. The summed E-state index contributed by atoms with van der Waals surface area (Å²) in [5.74, 6) is -0.327. The molecule has 66 heavy (non-hydrogen) atoms. The van der Waals surface area contributed by atoms with Crippen LogP contribution in [0.1, 0.15) is 206 Å². The highest BCUT2D eigenvalue weighted by molar-refractivity contribution is 5.69. The number of hydrogen-bond acceptors (Lipinski definition) is 9. The van der Waals surface area contributed by atoms with Gasteiger partial charge in [0.25, 0.3) is 0 Å². The van der Waals surface area contributed by atoms with E-state index >= 15 is 0 Å². The minimum atomic E-state index is -1.54. The molecule has 1 fully saturated rings. The quantitative estimate of drug-likeness (QED) is 0.0267. The van der Waals surface area contributed by atoms with Crippen LogP contribution in [0.3, 0.4) is 0 Å². The Morgan fingerprint density at radius 1 is 0.500 bits per heavy atom. The van der Waals surface area contributed by atoms with Crippen LogP contribution in [0.5, 0.6) is 0 Å². The maximum atomic E-state index is 12.9. The van der Waals surface area contributed by atoms with Gasteiger partial charge in [-0.15, -0.1) is 0 Å². The van der Waals surface area contributed by atoms with Crippen molar-refractivity contribution in [3.8, 4) is 0 Å². The van der Waals surface area contributed by atoms with Crippen molar-refractivity contribution in [3.63, 3.8) is 0 Å². The molecule has 9 nitrogen and oxygen atoms in total. The SMILES string of the molecule is CC/C=C\C/C=C\C/C=C\C/C=C\C/C=C\CCCCCCCCCC(=O)OC(COCCCCCCCCCCCC/C=C\C/C=C\CCCCC)COC1OC(CO)C(O)C(O)C1O. The van der Waals surface area contributed by atoms with E-state index in [-0.39, 0.29) is 19.2 Å². The summed E-state index contributed by atoms with van der Waals surface area (Å²) >= 11 is 0. The normalized spacial score (nSPS) is 20.0. The highest BCUT2D eigenvalue weighted by Crippen LogP contribution is 2.23. The van der Waals surface area contributed by atoms with Gasteiger partial charge in [0.15, 0.2) is 6.29 Å². The number of allylic oxidation sites excluding steroid dienone is 14. The van der Waals surface area contributed by atoms with Gasteiger partial charge in [-0.2, -0.15) is 0 Å². The Balaban J connectivity index is 2.21. The Morgan fingerprint density at radius 3 is 1.39 bits per heavy atom. The van der Waals surface area contributed by atoms with Crippen LogP contribution in [0, 0.1) is 0 Å². The third-order valence-corrected chi connectivity index (χ3v) is 11.8. The molecule has 6 unspecified atom stereocenters. The van der Waals surface area contributed by atoms with E-state index in [2.05, 4.69) is 98.9 Å². The zero-order valence-electron chi connectivity index (χ0n) is 41.9. The monoisotopic (exact) mass is 927 g/mol.